The maximum atomic E-state index is 6.11. The van der Waals surface area contributed by atoms with E-state index in [-0.39, 0.29) is 0 Å². The second-order valence-corrected chi connectivity index (χ2v) is 5.84. The monoisotopic (exact) mass is 307 g/mol. The molecule has 0 saturated carbocycles. The van der Waals surface area contributed by atoms with E-state index in [1.807, 2.05) is 50.2 Å². The summed E-state index contributed by atoms with van der Waals surface area (Å²) >= 11 is 6.11. The molecule has 0 amide bonds. The Morgan fingerprint density at radius 3 is 2.76 bits per heavy atom. The van der Waals surface area contributed by atoms with Gasteiger partial charge in [-0.1, -0.05) is 17.7 Å². The average molecular weight is 308 g/mol. The molecule has 0 unspecified atom stereocenters. The van der Waals surface area contributed by atoms with Gasteiger partial charge in [-0.15, -0.1) is 0 Å². The maximum Gasteiger partial charge on any atom is 0.112 e. The number of rotatable bonds is 7. The van der Waals surface area contributed by atoms with E-state index in [2.05, 4.69) is 16.0 Å². The molecule has 2 rings (SSSR count). The number of hydrogen-bond donors (Lipinski definition) is 0. The standard InChI is InChI=1S/C16H22ClN3O/c1-19(2)8-9-21-12-14-10-15(17)5-4-13(14)11-16-18-6-7-20(16)3/h4-7,10H,8-9,11-12H2,1-3H3. The van der Waals surface area contributed by atoms with Gasteiger partial charge in [0.05, 0.1) is 13.2 Å². The summed E-state index contributed by atoms with van der Waals surface area (Å²) in [6, 6.07) is 5.96. The highest BCUT2D eigenvalue weighted by Gasteiger charge is 2.08. The smallest absolute Gasteiger partial charge is 0.112 e. The maximum absolute atomic E-state index is 6.11. The van der Waals surface area contributed by atoms with Gasteiger partial charge >= 0.3 is 0 Å². The van der Waals surface area contributed by atoms with E-state index >= 15 is 0 Å². The molecule has 0 spiro atoms. The van der Waals surface area contributed by atoms with Crippen molar-refractivity contribution in [2.45, 2.75) is 13.0 Å². The summed E-state index contributed by atoms with van der Waals surface area (Å²) in [6.45, 7) is 2.20. The van der Waals surface area contributed by atoms with Crippen molar-refractivity contribution in [2.75, 3.05) is 27.2 Å². The van der Waals surface area contributed by atoms with E-state index in [0.717, 1.165) is 29.4 Å². The molecule has 0 aliphatic rings. The predicted molar refractivity (Wildman–Crippen MR) is 85.7 cm³/mol. The third-order valence-corrected chi connectivity index (χ3v) is 3.61. The Kier molecular flexibility index (Phi) is 5.79. The highest BCUT2D eigenvalue weighted by atomic mass is 35.5. The van der Waals surface area contributed by atoms with Gasteiger partial charge in [0.1, 0.15) is 5.82 Å². The highest BCUT2D eigenvalue weighted by Crippen LogP contribution is 2.19. The molecule has 0 aliphatic heterocycles. The molecule has 0 bridgehead atoms. The van der Waals surface area contributed by atoms with Crippen LogP contribution in [0.2, 0.25) is 5.02 Å². The molecule has 0 atom stereocenters. The fraction of sp³-hybridized carbons (Fsp3) is 0.438. The van der Waals surface area contributed by atoms with Gasteiger partial charge < -0.3 is 14.2 Å². The Bertz CT molecular complexity index is 581. The minimum atomic E-state index is 0.578. The molecule has 21 heavy (non-hydrogen) atoms. The van der Waals surface area contributed by atoms with Crippen LogP contribution in [0.3, 0.4) is 0 Å². The molecule has 0 fully saturated rings. The van der Waals surface area contributed by atoms with Crippen LogP contribution in [0.25, 0.3) is 0 Å². The van der Waals surface area contributed by atoms with Crippen molar-refractivity contribution in [1.82, 2.24) is 14.5 Å². The lowest BCUT2D eigenvalue weighted by Gasteiger charge is -2.13. The van der Waals surface area contributed by atoms with Crippen molar-refractivity contribution in [3.63, 3.8) is 0 Å². The highest BCUT2D eigenvalue weighted by molar-refractivity contribution is 6.30. The summed E-state index contributed by atoms with van der Waals surface area (Å²) in [5.74, 6) is 1.03. The summed E-state index contributed by atoms with van der Waals surface area (Å²) in [4.78, 5) is 6.48. The molecular formula is C16H22ClN3O. The number of aromatic nitrogens is 2. The second kappa shape index (κ2) is 7.59. The van der Waals surface area contributed by atoms with Crippen LogP contribution in [0.4, 0.5) is 0 Å². The van der Waals surface area contributed by atoms with E-state index in [4.69, 9.17) is 16.3 Å². The Morgan fingerprint density at radius 2 is 2.10 bits per heavy atom. The Morgan fingerprint density at radius 1 is 1.29 bits per heavy atom. The zero-order chi connectivity index (χ0) is 15.2. The van der Waals surface area contributed by atoms with Gasteiger partial charge in [-0.2, -0.15) is 0 Å². The molecule has 2 aromatic rings. The molecule has 114 valence electrons. The first kappa shape index (κ1) is 16.0. The van der Waals surface area contributed by atoms with Gasteiger partial charge in [-0.05, 0) is 37.4 Å². The molecule has 4 nitrogen and oxygen atoms in total. The largest absolute Gasteiger partial charge is 0.375 e. The van der Waals surface area contributed by atoms with Gasteiger partial charge in [-0.25, -0.2) is 4.98 Å². The number of halogens is 1. The van der Waals surface area contributed by atoms with Gasteiger partial charge in [0.25, 0.3) is 0 Å². The van der Waals surface area contributed by atoms with Gasteiger partial charge in [-0.3, -0.25) is 0 Å². The topological polar surface area (TPSA) is 30.3 Å². The zero-order valence-corrected chi connectivity index (χ0v) is 13.6. The lowest BCUT2D eigenvalue weighted by atomic mass is 10.0. The van der Waals surface area contributed by atoms with Crippen LogP contribution in [-0.4, -0.2) is 41.7 Å². The molecule has 0 aliphatic carbocycles. The first-order valence-corrected chi connectivity index (χ1v) is 7.40. The Hall–Kier alpha value is -1.36. The molecule has 0 saturated heterocycles. The van der Waals surface area contributed by atoms with Crippen LogP contribution in [0, 0.1) is 0 Å². The van der Waals surface area contributed by atoms with Gasteiger partial charge in [0.15, 0.2) is 0 Å². The number of hydrogen-bond acceptors (Lipinski definition) is 3. The summed E-state index contributed by atoms with van der Waals surface area (Å²) in [7, 11) is 6.08. The molecule has 0 radical (unpaired) electrons. The van der Waals surface area contributed by atoms with Crippen molar-refractivity contribution in [2.24, 2.45) is 7.05 Å². The van der Waals surface area contributed by atoms with Crippen molar-refractivity contribution in [3.8, 4) is 0 Å². The van der Waals surface area contributed by atoms with Crippen molar-refractivity contribution in [3.05, 3.63) is 52.6 Å². The first-order valence-electron chi connectivity index (χ1n) is 7.02. The summed E-state index contributed by atoms with van der Waals surface area (Å²) < 4.78 is 7.78. The van der Waals surface area contributed by atoms with Gasteiger partial charge in [0, 0.05) is 37.4 Å². The number of imidazole rings is 1. The van der Waals surface area contributed by atoms with Crippen molar-refractivity contribution in [1.29, 1.82) is 0 Å². The fourth-order valence-corrected chi connectivity index (χ4v) is 2.26. The van der Waals surface area contributed by atoms with Crippen molar-refractivity contribution < 1.29 is 4.74 Å². The van der Waals surface area contributed by atoms with E-state index in [0.29, 0.717) is 13.2 Å². The lowest BCUT2D eigenvalue weighted by molar-refractivity contribution is 0.105. The van der Waals surface area contributed by atoms with Crippen LogP contribution in [-0.2, 0) is 24.8 Å². The van der Waals surface area contributed by atoms with E-state index in [1.165, 1.54) is 5.56 Å². The summed E-state index contributed by atoms with van der Waals surface area (Å²) in [5, 5.41) is 0.741. The van der Waals surface area contributed by atoms with E-state index in [1.54, 1.807) is 0 Å². The van der Waals surface area contributed by atoms with Crippen LogP contribution in [0.1, 0.15) is 17.0 Å². The normalized spacial score (nSPS) is 11.3. The quantitative estimate of drug-likeness (QED) is 0.737. The average Bonchev–Trinajstić information content (AvgIpc) is 2.83. The van der Waals surface area contributed by atoms with E-state index in [9.17, 15) is 0 Å². The molecular weight excluding hydrogens is 286 g/mol. The summed E-state index contributed by atoms with van der Waals surface area (Å²) in [5.41, 5.74) is 2.34. The van der Waals surface area contributed by atoms with Gasteiger partial charge in [0.2, 0.25) is 0 Å². The Balaban J connectivity index is 2.05. The SMILES string of the molecule is CN(C)CCOCc1cc(Cl)ccc1Cc1nccn1C. The number of likely N-dealkylation sites (N-methyl/N-ethyl adjacent to an activating group) is 1. The zero-order valence-electron chi connectivity index (χ0n) is 12.8. The lowest BCUT2D eigenvalue weighted by Crippen LogP contribution is -2.18. The number of nitrogens with zero attached hydrogens (tertiary/aromatic N) is 3. The van der Waals surface area contributed by atoms with E-state index < -0.39 is 0 Å². The van der Waals surface area contributed by atoms with Crippen LogP contribution in [0.5, 0.6) is 0 Å². The first-order chi connectivity index (χ1) is 10.1. The molecule has 1 heterocycles. The number of benzene rings is 1. The molecule has 1 aromatic carbocycles. The third kappa shape index (κ3) is 4.84. The number of aryl methyl sites for hydroxylation is 1. The summed E-state index contributed by atoms with van der Waals surface area (Å²) in [6.07, 6.45) is 4.56. The fourth-order valence-electron chi connectivity index (χ4n) is 2.07. The van der Waals surface area contributed by atoms with Crippen LogP contribution >= 0.6 is 11.6 Å². The third-order valence-electron chi connectivity index (χ3n) is 3.38. The molecule has 1 aromatic heterocycles. The predicted octanol–water partition coefficient (Wildman–Crippen LogP) is 2.74. The minimum Gasteiger partial charge on any atom is -0.375 e. The Labute approximate surface area is 131 Å². The van der Waals surface area contributed by atoms with Crippen LogP contribution < -0.4 is 0 Å². The molecule has 0 N–H and O–H groups in total. The van der Waals surface area contributed by atoms with Crippen molar-refractivity contribution >= 4 is 11.6 Å². The van der Waals surface area contributed by atoms with Crippen LogP contribution in [0.15, 0.2) is 30.6 Å². The molecule has 5 heteroatoms. The number of ether oxygens (including phenoxy) is 1. The minimum absolute atomic E-state index is 0.578. The second-order valence-electron chi connectivity index (χ2n) is 5.40.